The summed E-state index contributed by atoms with van der Waals surface area (Å²) in [7, 11) is 0. The average Bonchev–Trinajstić information content (AvgIpc) is 2.31. The maximum atomic E-state index is 11.5. The van der Waals surface area contributed by atoms with Gasteiger partial charge in [0.15, 0.2) is 0 Å². The number of amides is 2. The molecule has 0 bridgehead atoms. The lowest BCUT2D eigenvalue weighted by Gasteiger charge is -2.26. The van der Waals surface area contributed by atoms with Crippen LogP contribution >= 0.6 is 0 Å². The minimum atomic E-state index is -0.0395. The van der Waals surface area contributed by atoms with Crippen LogP contribution in [-0.2, 0) is 14.3 Å². The highest BCUT2D eigenvalue weighted by Gasteiger charge is 2.19. The second kappa shape index (κ2) is 4.76. The molecule has 5 heteroatoms. The van der Waals surface area contributed by atoms with Gasteiger partial charge in [0.1, 0.15) is 6.61 Å². The third-order valence-electron chi connectivity index (χ3n) is 2.39. The standard InChI is InChI=1S/C11H12N2O3/c14-8-12-9-1-3-10(4-2-9)13-5-6-16-7-11(13)15/h1-4,8H,5-7H2,(H,12,14). The van der Waals surface area contributed by atoms with Crippen LogP contribution in [0.5, 0.6) is 0 Å². The number of nitrogens with one attached hydrogen (secondary N) is 1. The van der Waals surface area contributed by atoms with Crippen LogP contribution in [0.15, 0.2) is 24.3 Å². The largest absolute Gasteiger partial charge is 0.370 e. The van der Waals surface area contributed by atoms with Crippen LogP contribution in [-0.4, -0.2) is 32.1 Å². The monoisotopic (exact) mass is 220 g/mol. The van der Waals surface area contributed by atoms with Crippen LogP contribution in [0.4, 0.5) is 11.4 Å². The Morgan fingerprint density at radius 3 is 2.69 bits per heavy atom. The first-order valence-corrected chi connectivity index (χ1v) is 4.99. The van der Waals surface area contributed by atoms with E-state index in [1.807, 2.05) is 0 Å². The summed E-state index contributed by atoms with van der Waals surface area (Å²) in [5, 5.41) is 2.54. The zero-order valence-corrected chi connectivity index (χ0v) is 8.68. The van der Waals surface area contributed by atoms with Crippen LogP contribution in [0.2, 0.25) is 0 Å². The summed E-state index contributed by atoms with van der Waals surface area (Å²) in [5.74, 6) is -0.0395. The lowest BCUT2D eigenvalue weighted by molar-refractivity contribution is -0.125. The zero-order valence-electron chi connectivity index (χ0n) is 8.68. The van der Waals surface area contributed by atoms with Crippen LogP contribution in [0.1, 0.15) is 0 Å². The molecule has 5 nitrogen and oxygen atoms in total. The molecule has 1 N–H and O–H groups in total. The van der Waals surface area contributed by atoms with E-state index in [1.165, 1.54) is 0 Å². The molecule has 1 aliphatic rings. The van der Waals surface area contributed by atoms with E-state index in [-0.39, 0.29) is 12.5 Å². The number of carbonyl (C=O) groups is 2. The van der Waals surface area contributed by atoms with E-state index in [1.54, 1.807) is 29.2 Å². The van der Waals surface area contributed by atoms with Crippen LogP contribution in [0, 0.1) is 0 Å². The van der Waals surface area contributed by atoms with Crippen molar-refractivity contribution in [2.24, 2.45) is 0 Å². The Morgan fingerprint density at radius 1 is 1.31 bits per heavy atom. The molecule has 0 radical (unpaired) electrons. The van der Waals surface area contributed by atoms with Crippen molar-refractivity contribution in [2.75, 3.05) is 30.0 Å². The van der Waals surface area contributed by atoms with Crippen LogP contribution in [0.25, 0.3) is 0 Å². The fraction of sp³-hybridized carbons (Fsp3) is 0.273. The molecule has 1 aromatic carbocycles. The van der Waals surface area contributed by atoms with Crippen molar-refractivity contribution in [3.63, 3.8) is 0 Å². The SMILES string of the molecule is O=CNc1ccc(N2CCOCC2=O)cc1. The van der Waals surface area contributed by atoms with Crippen molar-refractivity contribution in [1.29, 1.82) is 0 Å². The van der Waals surface area contributed by atoms with E-state index >= 15 is 0 Å². The third-order valence-corrected chi connectivity index (χ3v) is 2.39. The Morgan fingerprint density at radius 2 is 2.06 bits per heavy atom. The first-order valence-electron chi connectivity index (χ1n) is 4.99. The van der Waals surface area contributed by atoms with Gasteiger partial charge < -0.3 is 15.0 Å². The smallest absolute Gasteiger partial charge is 0.253 e. The number of ether oxygens (including phenoxy) is 1. The first kappa shape index (κ1) is 10.6. The molecular weight excluding hydrogens is 208 g/mol. The molecule has 0 spiro atoms. The molecule has 0 aromatic heterocycles. The Bertz CT molecular complexity index is 389. The topological polar surface area (TPSA) is 58.6 Å². The Balaban J connectivity index is 2.13. The number of hydrogen-bond donors (Lipinski definition) is 1. The van der Waals surface area contributed by atoms with E-state index in [0.29, 0.717) is 25.2 Å². The maximum Gasteiger partial charge on any atom is 0.253 e. The van der Waals surface area contributed by atoms with E-state index in [4.69, 9.17) is 4.74 Å². The van der Waals surface area contributed by atoms with Gasteiger partial charge in [-0.1, -0.05) is 0 Å². The molecule has 1 heterocycles. The van der Waals surface area contributed by atoms with E-state index in [2.05, 4.69) is 5.32 Å². The molecule has 1 saturated heterocycles. The zero-order chi connectivity index (χ0) is 11.4. The molecule has 1 fully saturated rings. The molecular formula is C11H12N2O3. The van der Waals surface area contributed by atoms with Crippen LogP contribution < -0.4 is 10.2 Å². The van der Waals surface area contributed by atoms with Crippen LogP contribution in [0.3, 0.4) is 0 Å². The van der Waals surface area contributed by atoms with Crippen molar-refractivity contribution in [2.45, 2.75) is 0 Å². The summed E-state index contributed by atoms with van der Waals surface area (Å²) < 4.78 is 5.05. The minimum Gasteiger partial charge on any atom is -0.370 e. The van der Waals surface area contributed by atoms with Crippen molar-refractivity contribution < 1.29 is 14.3 Å². The van der Waals surface area contributed by atoms with Gasteiger partial charge >= 0.3 is 0 Å². The Hall–Kier alpha value is -1.88. The Kier molecular flexibility index (Phi) is 3.16. The van der Waals surface area contributed by atoms with Gasteiger partial charge in [0.2, 0.25) is 6.41 Å². The van der Waals surface area contributed by atoms with Gasteiger partial charge in [-0.3, -0.25) is 9.59 Å². The summed E-state index contributed by atoms with van der Waals surface area (Å²) in [4.78, 5) is 23.4. The van der Waals surface area contributed by atoms with Gasteiger partial charge in [0.25, 0.3) is 5.91 Å². The van der Waals surface area contributed by atoms with Gasteiger partial charge in [-0.2, -0.15) is 0 Å². The summed E-state index contributed by atoms with van der Waals surface area (Å²) in [6.45, 7) is 1.26. The normalized spacial score (nSPS) is 16.0. The molecule has 0 saturated carbocycles. The lowest BCUT2D eigenvalue weighted by atomic mass is 10.2. The highest BCUT2D eigenvalue weighted by atomic mass is 16.5. The quantitative estimate of drug-likeness (QED) is 0.759. The third kappa shape index (κ3) is 2.20. The first-order chi connectivity index (χ1) is 7.81. The minimum absolute atomic E-state index is 0.0395. The Labute approximate surface area is 93.0 Å². The number of rotatable bonds is 3. The van der Waals surface area contributed by atoms with Crippen molar-refractivity contribution >= 4 is 23.7 Å². The molecule has 0 unspecified atom stereocenters. The highest BCUT2D eigenvalue weighted by molar-refractivity contribution is 5.95. The van der Waals surface area contributed by atoms with Crippen molar-refractivity contribution in [1.82, 2.24) is 0 Å². The average molecular weight is 220 g/mol. The predicted octanol–water partition coefficient (Wildman–Crippen LogP) is 0.618. The fourth-order valence-electron chi connectivity index (χ4n) is 1.60. The van der Waals surface area contributed by atoms with Gasteiger partial charge in [-0.15, -0.1) is 0 Å². The molecule has 16 heavy (non-hydrogen) atoms. The molecule has 1 aliphatic heterocycles. The second-order valence-electron chi connectivity index (χ2n) is 3.41. The summed E-state index contributed by atoms with van der Waals surface area (Å²) in [6, 6.07) is 7.11. The number of nitrogens with zero attached hydrogens (tertiary/aromatic N) is 1. The van der Waals surface area contributed by atoms with Crippen molar-refractivity contribution in [3.05, 3.63) is 24.3 Å². The molecule has 1 aromatic rings. The summed E-state index contributed by atoms with van der Waals surface area (Å²) >= 11 is 0. The van der Waals surface area contributed by atoms with E-state index < -0.39 is 0 Å². The molecule has 2 amide bonds. The van der Waals surface area contributed by atoms with E-state index in [9.17, 15) is 9.59 Å². The number of anilines is 2. The molecule has 0 aliphatic carbocycles. The number of carbonyl (C=O) groups excluding carboxylic acids is 2. The molecule has 2 rings (SSSR count). The number of hydrogen-bond acceptors (Lipinski definition) is 3. The second-order valence-corrected chi connectivity index (χ2v) is 3.41. The fourth-order valence-corrected chi connectivity index (χ4v) is 1.60. The van der Waals surface area contributed by atoms with Gasteiger partial charge in [-0.05, 0) is 24.3 Å². The molecule has 0 atom stereocenters. The maximum absolute atomic E-state index is 11.5. The summed E-state index contributed by atoms with van der Waals surface area (Å²) in [6.07, 6.45) is 0.620. The summed E-state index contributed by atoms with van der Waals surface area (Å²) in [5.41, 5.74) is 1.53. The van der Waals surface area contributed by atoms with Gasteiger partial charge in [0.05, 0.1) is 6.61 Å². The van der Waals surface area contributed by atoms with E-state index in [0.717, 1.165) is 5.69 Å². The van der Waals surface area contributed by atoms with Gasteiger partial charge in [-0.25, -0.2) is 0 Å². The number of benzene rings is 1. The predicted molar refractivity (Wildman–Crippen MR) is 59.3 cm³/mol. The lowest BCUT2D eigenvalue weighted by Crippen LogP contribution is -2.41. The number of morpholine rings is 1. The van der Waals surface area contributed by atoms with Gasteiger partial charge in [0, 0.05) is 17.9 Å². The molecule has 84 valence electrons. The highest BCUT2D eigenvalue weighted by Crippen LogP contribution is 2.19. The van der Waals surface area contributed by atoms with Crippen molar-refractivity contribution in [3.8, 4) is 0 Å².